The monoisotopic (exact) mass is 644 g/mol. The van der Waals surface area contributed by atoms with Gasteiger partial charge in [-0.25, -0.2) is 0 Å². The molecule has 7 rings (SSSR count). The highest BCUT2D eigenvalue weighted by molar-refractivity contribution is 5.77. The fourth-order valence-electron chi connectivity index (χ4n) is 6.85. The van der Waals surface area contributed by atoms with E-state index in [0.717, 1.165) is 16.7 Å². The topological polar surface area (TPSA) is 92.7 Å². The van der Waals surface area contributed by atoms with Crippen LogP contribution in [0.25, 0.3) is 0 Å². The van der Waals surface area contributed by atoms with Gasteiger partial charge in [-0.3, -0.25) is 4.79 Å². The lowest BCUT2D eigenvalue weighted by Crippen LogP contribution is -2.37. The number of methoxy groups -OCH3 is 2. The summed E-state index contributed by atoms with van der Waals surface area (Å²) in [5.74, 6) is 0.0253. The van der Waals surface area contributed by atoms with Crippen molar-refractivity contribution in [3.05, 3.63) is 155 Å². The second-order valence-corrected chi connectivity index (χ2v) is 11.8. The van der Waals surface area contributed by atoms with E-state index in [2.05, 4.69) is 0 Å². The van der Waals surface area contributed by atoms with Crippen molar-refractivity contribution in [3.8, 4) is 23.0 Å². The molecular formula is C40H36O8. The van der Waals surface area contributed by atoms with Gasteiger partial charge in [-0.1, -0.05) is 103 Å². The summed E-state index contributed by atoms with van der Waals surface area (Å²) in [5.41, 5.74) is 2.92. The first kappa shape index (κ1) is 31.3. The zero-order valence-corrected chi connectivity index (χ0v) is 26.7. The SMILES string of the molecule is COc1ccc([C@H]2OC(=O)[C@@H]([C@@H](O)c3ccc4c(c3)OCO4)[C@@H]2COC(c2ccccc2)(c2ccccc2)c2ccccc2)cc1OC. The maximum absolute atomic E-state index is 13.9. The Kier molecular flexibility index (Phi) is 8.76. The molecule has 0 spiro atoms. The van der Waals surface area contributed by atoms with Crippen LogP contribution >= 0.6 is 0 Å². The maximum Gasteiger partial charge on any atom is 0.313 e. The van der Waals surface area contributed by atoms with E-state index in [9.17, 15) is 9.90 Å². The minimum atomic E-state index is -1.22. The van der Waals surface area contributed by atoms with Gasteiger partial charge in [0.1, 0.15) is 11.7 Å². The van der Waals surface area contributed by atoms with E-state index in [1.165, 1.54) is 0 Å². The van der Waals surface area contributed by atoms with Crippen LogP contribution in [-0.4, -0.2) is 38.7 Å². The van der Waals surface area contributed by atoms with Crippen molar-refractivity contribution in [3.63, 3.8) is 0 Å². The number of esters is 1. The number of aliphatic hydroxyl groups is 1. The first-order valence-corrected chi connectivity index (χ1v) is 15.8. The zero-order chi connectivity index (χ0) is 33.1. The third-order valence-corrected chi connectivity index (χ3v) is 9.21. The number of ether oxygens (including phenoxy) is 6. The molecule has 0 aromatic heterocycles. The van der Waals surface area contributed by atoms with Gasteiger partial charge in [-0.15, -0.1) is 0 Å². The molecule has 244 valence electrons. The normalized spacial score (nSPS) is 19.1. The molecule has 1 saturated heterocycles. The number of carbonyl (C=O) groups is 1. The molecule has 0 saturated carbocycles. The van der Waals surface area contributed by atoms with Gasteiger partial charge in [-0.05, 0) is 52.1 Å². The Hall–Kier alpha value is -5.31. The van der Waals surface area contributed by atoms with Crippen molar-refractivity contribution in [2.75, 3.05) is 27.6 Å². The number of carbonyl (C=O) groups excluding carboxylic acids is 1. The molecular weight excluding hydrogens is 608 g/mol. The molecule has 4 atom stereocenters. The molecule has 0 unspecified atom stereocenters. The summed E-state index contributed by atoms with van der Waals surface area (Å²) in [6.07, 6.45) is -1.98. The summed E-state index contributed by atoms with van der Waals surface area (Å²) in [4.78, 5) is 13.9. The number of aliphatic hydroxyl groups excluding tert-OH is 1. The van der Waals surface area contributed by atoms with Crippen molar-refractivity contribution in [1.82, 2.24) is 0 Å². The molecule has 2 aliphatic rings. The summed E-state index contributed by atoms with van der Waals surface area (Å²) in [6, 6.07) is 40.7. The molecule has 2 aliphatic heterocycles. The van der Waals surface area contributed by atoms with Gasteiger partial charge in [0.15, 0.2) is 23.0 Å². The molecule has 8 heteroatoms. The van der Waals surface area contributed by atoms with E-state index in [1.54, 1.807) is 44.6 Å². The standard InChI is InChI=1S/C40H36O8/c1-43-32-20-19-27(23-34(32)44-2)38-31(36(39(42)48-38)37(41)26-18-21-33-35(22-26)46-25-45-33)24-47-40(28-12-6-3-7-13-28,29-14-8-4-9-15-29)30-16-10-5-11-17-30/h3-23,31,36-38,41H,24-25H2,1-2H3/t31-,36+,37-,38+/m0/s1. The van der Waals surface area contributed by atoms with Crippen LogP contribution in [0.4, 0.5) is 0 Å². The highest BCUT2D eigenvalue weighted by atomic mass is 16.7. The lowest BCUT2D eigenvalue weighted by atomic mass is 9.78. The molecule has 8 nitrogen and oxygen atoms in total. The van der Waals surface area contributed by atoms with Crippen molar-refractivity contribution in [1.29, 1.82) is 0 Å². The van der Waals surface area contributed by atoms with Gasteiger partial charge in [0.05, 0.1) is 32.8 Å². The average molecular weight is 645 g/mol. The first-order chi connectivity index (χ1) is 23.5. The van der Waals surface area contributed by atoms with Crippen LogP contribution in [0.15, 0.2) is 127 Å². The van der Waals surface area contributed by atoms with Crippen molar-refractivity contribution in [2.24, 2.45) is 11.8 Å². The van der Waals surface area contributed by atoms with Gasteiger partial charge in [0.2, 0.25) is 6.79 Å². The minimum Gasteiger partial charge on any atom is -0.493 e. The Morgan fingerprint density at radius 3 is 1.90 bits per heavy atom. The van der Waals surface area contributed by atoms with Crippen LogP contribution in [0.1, 0.15) is 40.0 Å². The smallest absolute Gasteiger partial charge is 0.313 e. The van der Waals surface area contributed by atoms with Crippen LogP contribution in [-0.2, 0) is 19.9 Å². The Morgan fingerprint density at radius 1 is 0.729 bits per heavy atom. The lowest BCUT2D eigenvalue weighted by Gasteiger charge is -2.38. The molecule has 5 aromatic rings. The van der Waals surface area contributed by atoms with Crippen LogP contribution in [0, 0.1) is 11.8 Å². The second-order valence-electron chi connectivity index (χ2n) is 11.8. The Balaban J connectivity index is 1.34. The second kappa shape index (κ2) is 13.4. The van der Waals surface area contributed by atoms with Crippen molar-refractivity contribution in [2.45, 2.75) is 17.8 Å². The molecule has 5 aromatic carbocycles. The predicted octanol–water partition coefficient (Wildman–Crippen LogP) is 7.01. The summed E-state index contributed by atoms with van der Waals surface area (Å²) >= 11 is 0. The molecule has 48 heavy (non-hydrogen) atoms. The highest BCUT2D eigenvalue weighted by Gasteiger charge is 2.51. The third kappa shape index (κ3) is 5.63. The minimum absolute atomic E-state index is 0.0513. The van der Waals surface area contributed by atoms with E-state index < -0.39 is 35.6 Å². The fraction of sp³-hybridized carbons (Fsp3) is 0.225. The summed E-state index contributed by atoms with van der Waals surface area (Å²) in [7, 11) is 3.13. The first-order valence-electron chi connectivity index (χ1n) is 15.8. The number of hydrogen-bond donors (Lipinski definition) is 1. The van der Waals surface area contributed by atoms with Crippen LogP contribution in [0.2, 0.25) is 0 Å². The lowest BCUT2D eigenvalue weighted by molar-refractivity contribution is -0.147. The number of fused-ring (bicyclic) bond motifs is 1. The van der Waals surface area contributed by atoms with E-state index in [1.807, 2.05) is 97.1 Å². The number of cyclic esters (lactones) is 1. The molecule has 0 amide bonds. The third-order valence-electron chi connectivity index (χ3n) is 9.21. The summed E-state index contributed by atoms with van der Waals surface area (Å²) in [6.45, 7) is 0.147. The van der Waals surface area contributed by atoms with Gasteiger partial charge in [-0.2, -0.15) is 0 Å². The fourth-order valence-corrected chi connectivity index (χ4v) is 6.85. The van der Waals surface area contributed by atoms with E-state index in [-0.39, 0.29) is 13.4 Å². The van der Waals surface area contributed by atoms with Crippen LogP contribution in [0.5, 0.6) is 23.0 Å². The maximum atomic E-state index is 13.9. The van der Waals surface area contributed by atoms with E-state index in [4.69, 9.17) is 28.4 Å². The zero-order valence-electron chi connectivity index (χ0n) is 26.7. The number of rotatable bonds is 11. The van der Waals surface area contributed by atoms with E-state index >= 15 is 0 Å². The Bertz CT molecular complexity index is 1760. The Labute approximate surface area is 279 Å². The van der Waals surface area contributed by atoms with E-state index in [0.29, 0.717) is 34.1 Å². The molecule has 2 heterocycles. The quantitative estimate of drug-likeness (QED) is 0.121. The molecule has 0 radical (unpaired) electrons. The van der Waals surface area contributed by atoms with Crippen molar-refractivity contribution < 1.29 is 38.3 Å². The summed E-state index contributed by atoms with van der Waals surface area (Å²) in [5, 5.41) is 11.9. The Morgan fingerprint density at radius 2 is 1.31 bits per heavy atom. The molecule has 0 aliphatic carbocycles. The molecule has 0 bridgehead atoms. The number of hydrogen-bond acceptors (Lipinski definition) is 8. The largest absolute Gasteiger partial charge is 0.493 e. The number of benzene rings is 5. The molecule has 1 fully saturated rings. The van der Waals surface area contributed by atoms with Gasteiger partial charge >= 0.3 is 5.97 Å². The molecule has 1 N–H and O–H groups in total. The van der Waals surface area contributed by atoms with Crippen LogP contribution < -0.4 is 18.9 Å². The van der Waals surface area contributed by atoms with Crippen molar-refractivity contribution >= 4 is 5.97 Å². The van der Waals surface area contributed by atoms with Gasteiger partial charge < -0.3 is 33.5 Å². The van der Waals surface area contributed by atoms with Gasteiger partial charge in [0, 0.05) is 5.92 Å². The highest BCUT2D eigenvalue weighted by Crippen LogP contribution is 2.49. The van der Waals surface area contributed by atoms with Crippen LogP contribution in [0.3, 0.4) is 0 Å². The van der Waals surface area contributed by atoms with Gasteiger partial charge in [0.25, 0.3) is 0 Å². The predicted molar refractivity (Wildman–Crippen MR) is 178 cm³/mol. The average Bonchev–Trinajstić information content (AvgIpc) is 3.76. The summed E-state index contributed by atoms with van der Waals surface area (Å²) < 4.78 is 35.5.